The summed E-state index contributed by atoms with van der Waals surface area (Å²) in [5.41, 5.74) is 7.71. The van der Waals surface area contributed by atoms with Gasteiger partial charge in [0.25, 0.3) is 0 Å². The lowest BCUT2D eigenvalue weighted by atomic mass is 10.1. The average Bonchev–Trinajstić information content (AvgIpc) is 3.40. The Morgan fingerprint density at radius 3 is 2.89 bits per heavy atom. The number of hydrogen-bond donors (Lipinski definition) is 4. The maximum absolute atomic E-state index is 13.4. The number of halogens is 2. The predicted molar refractivity (Wildman–Crippen MR) is 138 cm³/mol. The zero-order valence-corrected chi connectivity index (χ0v) is 22.7. The Morgan fingerprint density at radius 1 is 1.39 bits per heavy atom. The molecule has 0 radical (unpaired) electrons. The molecule has 3 heterocycles. The number of hydrogen-bond acceptors (Lipinski definition) is 11. The Bertz CT molecular complexity index is 1370. The molecule has 0 amide bonds. The largest absolute Gasteiger partial charge is 0.390 e. The smallest absolute Gasteiger partial charge is 0.335 e. The van der Waals surface area contributed by atoms with Crippen molar-refractivity contribution in [3.8, 4) is 0 Å². The molecule has 1 fully saturated rings. The molecule has 0 saturated heterocycles. The minimum Gasteiger partial charge on any atom is -0.390 e. The number of carbonyl (C=O) groups excluding carboxylic acids is 1. The fourth-order valence-corrected chi connectivity index (χ4v) is 6.10. The summed E-state index contributed by atoms with van der Waals surface area (Å²) in [6.07, 6.45) is 1.09. The minimum atomic E-state index is -3.97. The van der Waals surface area contributed by atoms with E-state index in [4.69, 9.17) is 21.5 Å². The summed E-state index contributed by atoms with van der Waals surface area (Å²) < 4.78 is 31.4. The van der Waals surface area contributed by atoms with E-state index in [2.05, 4.69) is 40.9 Å². The molecular weight excluding hydrogens is 596 g/mol. The Labute approximate surface area is 224 Å². The van der Waals surface area contributed by atoms with Gasteiger partial charge in [0.2, 0.25) is 5.78 Å². The summed E-state index contributed by atoms with van der Waals surface area (Å²) in [7, 11) is -2.75. The quantitative estimate of drug-likeness (QED) is 0.207. The number of anilines is 1. The van der Waals surface area contributed by atoms with Crippen molar-refractivity contribution in [1.82, 2.24) is 19.7 Å². The Kier molecular flexibility index (Phi) is 8.36. The first-order valence-corrected chi connectivity index (χ1v) is 14.1. The van der Waals surface area contributed by atoms with Crippen LogP contribution in [0.2, 0.25) is 4.34 Å². The third kappa shape index (κ3) is 6.08. The number of rotatable bonds is 9. The van der Waals surface area contributed by atoms with E-state index in [1.54, 1.807) is 18.2 Å². The van der Waals surface area contributed by atoms with Crippen molar-refractivity contribution in [2.24, 2.45) is 5.73 Å². The molecule has 1 aliphatic rings. The van der Waals surface area contributed by atoms with Crippen molar-refractivity contribution in [3.05, 3.63) is 67.4 Å². The number of nitrogens with one attached hydrogen (secondary N) is 2. The SMILES string of the molecule is CNS(=O)(=O)O[C@@H]1C[C@H](Nc2ncncc2C(=O)c2cc([C@H](N)c3cccc(Br)n3)c(Cl)s2)C[C@@H]1O. The maximum Gasteiger partial charge on any atom is 0.335 e. The van der Waals surface area contributed by atoms with Gasteiger partial charge in [-0.1, -0.05) is 17.7 Å². The van der Waals surface area contributed by atoms with E-state index in [1.165, 1.54) is 19.6 Å². The number of ketones is 1. The molecule has 4 atom stereocenters. The van der Waals surface area contributed by atoms with Gasteiger partial charge in [-0.3, -0.25) is 8.98 Å². The number of pyridine rings is 1. The van der Waals surface area contributed by atoms with E-state index in [9.17, 15) is 18.3 Å². The van der Waals surface area contributed by atoms with E-state index in [1.807, 2.05) is 6.07 Å². The summed E-state index contributed by atoms with van der Waals surface area (Å²) in [6, 6.07) is 5.96. The van der Waals surface area contributed by atoms with Crippen LogP contribution < -0.4 is 15.8 Å². The van der Waals surface area contributed by atoms with Crippen LogP contribution in [-0.2, 0) is 14.5 Å². The van der Waals surface area contributed by atoms with Gasteiger partial charge < -0.3 is 16.2 Å². The van der Waals surface area contributed by atoms with Crippen molar-refractivity contribution < 1.29 is 22.5 Å². The molecule has 1 aliphatic carbocycles. The minimum absolute atomic E-state index is 0.184. The van der Waals surface area contributed by atoms with E-state index >= 15 is 0 Å². The summed E-state index contributed by atoms with van der Waals surface area (Å²) in [6.45, 7) is 0. The van der Waals surface area contributed by atoms with Crippen molar-refractivity contribution in [2.75, 3.05) is 12.4 Å². The highest BCUT2D eigenvalue weighted by Crippen LogP contribution is 2.36. The summed E-state index contributed by atoms with van der Waals surface area (Å²) in [5.74, 6) is -0.122. The van der Waals surface area contributed by atoms with Crippen LogP contribution in [0, 0.1) is 0 Å². The van der Waals surface area contributed by atoms with Gasteiger partial charge in [-0.25, -0.2) is 15.0 Å². The molecule has 0 bridgehead atoms. The number of thiophene rings is 1. The highest BCUT2D eigenvalue weighted by atomic mass is 79.9. The second-order valence-corrected chi connectivity index (χ2v) is 12.0. The molecule has 4 rings (SSSR count). The molecule has 0 aromatic carbocycles. The third-order valence-corrected chi connectivity index (χ3v) is 8.43. The number of aromatic nitrogens is 3. The Morgan fingerprint density at radius 2 is 2.17 bits per heavy atom. The summed E-state index contributed by atoms with van der Waals surface area (Å²) in [5, 5.41) is 13.4. The summed E-state index contributed by atoms with van der Waals surface area (Å²) in [4.78, 5) is 26.2. The second kappa shape index (κ2) is 11.1. The van der Waals surface area contributed by atoms with Crippen LogP contribution in [0.4, 0.5) is 5.82 Å². The van der Waals surface area contributed by atoms with Crippen molar-refractivity contribution in [1.29, 1.82) is 0 Å². The Balaban J connectivity index is 1.53. The van der Waals surface area contributed by atoms with Gasteiger partial charge >= 0.3 is 10.3 Å². The molecule has 3 aromatic rings. The predicted octanol–water partition coefficient (Wildman–Crippen LogP) is 2.41. The van der Waals surface area contributed by atoms with Crippen molar-refractivity contribution >= 4 is 60.8 Å². The van der Waals surface area contributed by atoms with Gasteiger partial charge in [0.15, 0.2) is 0 Å². The highest BCUT2D eigenvalue weighted by molar-refractivity contribution is 9.10. The fourth-order valence-electron chi connectivity index (χ4n) is 3.81. The van der Waals surface area contributed by atoms with E-state index in [0.29, 0.717) is 25.1 Å². The zero-order chi connectivity index (χ0) is 26.0. The van der Waals surface area contributed by atoms with Crippen LogP contribution in [0.25, 0.3) is 0 Å². The molecule has 3 aromatic heterocycles. The van der Waals surface area contributed by atoms with Crippen LogP contribution >= 0.6 is 38.9 Å². The number of carbonyl (C=O) groups is 1. The van der Waals surface area contributed by atoms with Crippen LogP contribution in [0.1, 0.15) is 45.4 Å². The lowest BCUT2D eigenvalue weighted by molar-refractivity contribution is 0.0636. The van der Waals surface area contributed by atoms with Gasteiger partial charge in [-0.05, 0) is 47.0 Å². The first-order chi connectivity index (χ1) is 17.1. The number of nitrogens with two attached hydrogens (primary N) is 1. The first-order valence-electron chi connectivity index (χ1n) is 10.7. The monoisotopic (exact) mass is 616 g/mol. The van der Waals surface area contributed by atoms with Crippen molar-refractivity contribution in [3.63, 3.8) is 0 Å². The molecule has 192 valence electrons. The van der Waals surface area contributed by atoms with Gasteiger partial charge in [0.05, 0.1) is 32.6 Å². The van der Waals surface area contributed by atoms with Crippen LogP contribution in [0.15, 0.2) is 41.4 Å². The number of aliphatic hydroxyl groups is 1. The number of nitrogens with zero attached hydrogens (tertiary/aromatic N) is 3. The van der Waals surface area contributed by atoms with Crippen molar-refractivity contribution in [2.45, 2.75) is 37.1 Å². The lowest BCUT2D eigenvalue weighted by Crippen LogP contribution is -2.31. The first kappa shape index (κ1) is 27.0. The van der Waals surface area contributed by atoms with E-state index in [-0.39, 0.29) is 30.0 Å². The molecular formula is C21H22BrClN6O5S2. The van der Waals surface area contributed by atoms with Gasteiger partial charge in [0, 0.05) is 24.8 Å². The van der Waals surface area contributed by atoms with Gasteiger partial charge in [0.1, 0.15) is 22.9 Å². The highest BCUT2D eigenvalue weighted by Gasteiger charge is 2.37. The van der Waals surface area contributed by atoms with Gasteiger partial charge in [-0.2, -0.15) is 13.1 Å². The molecule has 36 heavy (non-hydrogen) atoms. The van der Waals surface area contributed by atoms with Gasteiger partial charge in [-0.15, -0.1) is 11.3 Å². The summed E-state index contributed by atoms with van der Waals surface area (Å²) >= 11 is 10.8. The molecule has 11 nitrogen and oxygen atoms in total. The lowest BCUT2D eigenvalue weighted by Gasteiger charge is -2.15. The molecule has 0 spiro atoms. The van der Waals surface area contributed by atoms with E-state index in [0.717, 1.165) is 11.3 Å². The zero-order valence-electron chi connectivity index (χ0n) is 18.8. The maximum atomic E-state index is 13.4. The van der Waals surface area contributed by atoms with Crippen LogP contribution in [-0.4, -0.2) is 59.6 Å². The molecule has 15 heteroatoms. The third-order valence-electron chi connectivity index (χ3n) is 5.60. The molecule has 0 unspecified atom stereocenters. The normalized spacial score (nSPS) is 20.9. The average molecular weight is 618 g/mol. The molecule has 0 aliphatic heterocycles. The second-order valence-electron chi connectivity index (χ2n) is 7.99. The molecule has 1 saturated carbocycles. The van der Waals surface area contributed by atoms with Crippen LogP contribution in [0.3, 0.4) is 0 Å². The Hall–Kier alpha value is -2.04. The molecule has 5 N–H and O–H groups in total. The van der Waals surface area contributed by atoms with E-state index < -0.39 is 34.6 Å². The number of aliphatic hydroxyl groups excluding tert-OH is 1. The fraction of sp³-hybridized carbons (Fsp3) is 0.333. The standard InChI is InChI=1S/C21H22BrClN6O5S2/c1-25-36(32,33)34-15-6-10(5-14(15)30)28-21-12(8-26-9-27-21)19(31)16-7-11(20(23)35-16)18(24)13-3-2-4-17(22)29-13/h2-4,7-10,14-15,18,25,30H,5-6,24H2,1H3,(H,26,27,28)/t10-,14+,15-,18+/m1/s1. The topological polar surface area (TPSA) is 169 Å². The van der Waals surface area contributed by atoms with Crippen LogP contribution in [0.5, 0.6) is 0 Å².